The molecule has 2 N–H and O–H groups in total. The Kier molecular flexibility index (Phi) is 4.63. The maximum absolute atomic E-state index is 9.04. The van der Waals surface area contributed by atoms with E-state index in [0.29, 0.717) is 6.54 Å². The van der Waals surface area contributed by atoms with Crippen LogP contribution in [0.2, 0.25) is 0 Å². The Morgan fingerprint density at radius 2 is 2.07 bits per heavy atom. The fourth-order valence-corrected chi connectivity index (χ4v) is 1.42. The van der Waals surface area contributed by atoms with E-state index in [1.807, 2.05) is 0 Å². The van der Waals surface area contributed by atoms with E-state index in [1.165, 1.54) is 11.1 Å². The van der Waals surface area contributed by atoms with E-state index in [9.17, 15) is 0 Å². The lowest BCUT2D eigenvalue weighted by molar-refractivity contribution is 0.191. The molecule has 0 saturated carbocycles. The Balaban J connectivity index is 2.28. The predicted molar refractivity (Wildman–Crippen MR) is 59.4 cm³/mol. The molecule has 14 heavy (non-hydrogen) atoms. The summed E-state index contributed by atoms with van der Waals surface area (Å²) in [5.41, 5.74) is 2.72. The molecule has 0 radical (unpaired) electrons. The van der Waals surface area contributed by atoms with Gasteiger partial charge in [0.05, 0.1) is 6.10 Å². The van der Waals surface area contributed by atoms with Crippen molar-refractivity contribution in [3.05, 3.63) is 35.4 Å². The second-order valence-corrected chi connectivity index (χ2v) is 3.73. The third kappa shape index (κ3) is 3.90. The molecule has 0 aromatic heterocycles. The van der Waals surface area contributed by atoms with E-state index < -0.39 is 0 Å². The van der Waals surface area contributed by atoms with Gasteiger partial charge >= 0.3 is 0 Å². The summed E-state index contributed by atoms with van der Waals surface area (Å²) in [6, 6.07) is 8.41. The minimum atomic E-state index is -0.258. The Bertz CT molecular complexity index is 271. The summed E-state index contributed by atoms with van der Waals surface area (Å²) in [6.07, 6.45) is 0.770. The van der Waals surface area contributed by atoms with Gasteiger partial charge in [0.15, 0.2) is 0 Å². The fraction of sp³-hybridized carbons (Fsp3) is 0.500. The van der Waals surface area contributed by atoms with Crippen molar-refractivity contribution in [1.29, 1.82) is 0 Å². The minimum absolute atomic E-state index is 0.258. The molecule has 2 nitrogen and oxygen atoms in total. The highest BCUT2D eigenvalue weighted by molar-refractivity contribution is 5.25. The summed E-state index contributed by atoms with van der Waals surface area (Å²) in [5.74, 6) is 0. The molecule has 0 bridgehead atoms. The smallest absolute Gasteiger partial charge is 0.0636 e. The van der Waals surface area contributed by atoms with Crippen molar-refractivity contribution in [2.75, 3.05) is 13.1 Å². The van der Waals surface area contributed by atoms with Crippen molar-refractivity contribution in [3.8, 4) is 0 Å². The van der Waals surface area contributed by atoms with Gasteiger partial charge in [-0.2, -0.15) is 0 Å². The maximum Gasteiger partial charge on any atom is 0.0636 e. The molecule has 1 aromatic carbocycles. The van der Waals surface area contributed by atoms with Crippen LogP contribution in [0.15, 0.2) is 24.3 Å². The summed E-state index contributed by atoms with van der Waals surface area (Å²) in [5, 5.41) is 12.3. The maximum atomic E-state index is 9.04. The van der Waals surface area contributed by atoms with Crippen molar-refractivity contribution in [2.24, 2.45) is 0 Å². The van der Waals surface area contributed by atoms with E-state index in [0.717, 1.165) is 13.0 Å². The number of aryl methyl sites for hydroxylation is 1. The zero-order chi connectivity index (χ0) is 10.4. The largest absolute Gasteiger partial charge is 0.392 e. The number of rotatable bonds is 5. The molecule has 0 saturated heterocycles. The van der Waals surface area contributed by atoms with Crippen LogP contribution in [0.25, 0.3) is 0 Å². The van der Waals surface area contributed by atoms with Crippen molar-refractivity contribution in [3.63, 3.8) is 0 Å². The van der Waals surface area contributed by atoms with Gasteiger partial charge in [0.1, 0.15) is 0 Å². The van der Waals surface area contributed by atoms with E-state index >= 15 is 0 Å². The molecule has 0 unspecified atom stereocenters. The lowest BCUT2D eigenvalue weighted by Crippen LogP contribution is -2.26. The molecule has 1 aromatic rings. The van der Waals surface area contributed by atoms with Gasteiger partial charge in [-0.25, -0.2) is 0 Å². The number of aliphatic hydroxyl groups is 1. The van der Waals surface area contributed by atoms with Gasteiger partial charge in [-0.05, 0) is 37.9 Å². The average molecular weight is 193 g/mol. The quantitative estimate of drug-likeness (QED) is 0.695. The first-order valence-corrected chi connectivity index (χ1v) is 5.13. The summed E-state index contributed by atoms with van der Waals surface area (Å²) in [4.78, 5) is 0. The zero-order valence-electron chi connectivity index (χ0n) is 8.96. The Hall–Kier alpha value is -0.860. The van der Waals surface area contributed by atoms with Crippen LogP contribution in [-0.2, 0) is 6.42 Å². The Labute approximate surface area is 86.0 Å². The molecule has 0 heterocycles. The van der Waals surface area contributed by atoms with Gasteiger partial charge in [0.2, 0.25) is 0 Å². The van der Waals surface area contributed by atoms with Crippen LogP contribution in [-0.4, -0.2) is 24.3 Å². The molecule has 0 aliphatic heterocycles. The average Bonchev–Trinajstić information content (AvgIpc) is 2.15. The van der Waals surface area contributed by atoms with Gasteiger partial charge in [-0.1, -0.05) is 24.3 Å². The van der Waals surface area contributed by atoms with Crippen LogP contribution in [0.3, 0.4) is 0 Å². The first-order chi connectivity index (χ1) is 6.70. The lowest BCUT2D eigenvalue weighted by Gasteiger charge is -2.08. The number of aliphatic hydroxyl groups excluding tert-OH is 1. The van der Waals surface area contributed by atoms with Gasteiger partial charge in [-0.3, -0.25) is 0 Å². The third-order valence-electron chi connectivity index (χ3n) is 2.27. The number of hydrogen-bond donors (Lipinski definition) is 2. The summed E-state index contributed by atoms with van der Waals surface area (Å²) in [6.45, 7) is 5.52. The predicted octanol–water partition coefficient (Wildman–Crippen LogP) is 1.51. The number of nitrogens with one attached hydrogen (secondary N) is 1. The van der Waals surface area contributed by atoms with Crippen molar-refractivity contribution in [1.82, 2.24) is 5.32 Å². The molecular formula is C12H19NO. The van der Waals surface area contributed by atoms with E-state index in [4.69, 9.17) is 5.11 Å². The molecule has 0 spiro atoms. The number of benzene rings is 1. The third-order valence-corrected chi connectivity index (χ3v) is 2.27. The second-order valence-electron chi connectivity index (χ2n) is 3.73. The zero-order valence-corrected chi connectivity index (χ0v) is 8.96. The second kappa shape index (κ2) is 5.78. The van der Waals surface area contributed by atoms with Crippen LogP contribution in [0.4, 0.5) is 0 Å². The van der Waals surface area contributed by atoms with Crippen molar-refractivity contribution in [2.45, 2.75) is 26.4 Å². The highest BCUT2D eigenvalue weighted by Crippen LogP contribution is 2.06. The van der Waals surface area contributed by atoms with Gasteiger partial charge in [0.25, 0.3) is 0 Å². The number of hydrogen-bond acceptors (Lipinski definition) is 2. The van der Waals surface area contributed by atoms with Crippen LogP contribution < -0.4 is 5.32 Å². The highest BCUT2D eigenvalue weighted by atomic mass is 16.3. The fourth-order valence-electron chi connectivity index (χ4n) is 1.42. The first-order valence-electron chi connectivity index (χ1n) is 5.13. The molecule has 78 valence electrons. The van der Waals surface area contributed by atoms with Crippen molar-refractivity contribution >= 4 is 0 Å². The summed E-state index contributed by atoms with van der Waals surface area (Å²) >= 11 is 0. The summed E-state index contributed by atoms with van der Waals surface area (Å²) in [7, 11) is 0. The Morgan fingerprint density at radius 1 is 1.36 bits per heavy atom. The van der Waals surface area contributed by atoms with Gasteiger partial charge in [0, 0.05) is 6.54 Å². The van der Waals surface area contributed by atoms with Gasteiger partial charge < -0.3 is 10.4 Å². The SMILES string of the molecule is Cc1ccccc1CCNC[C@@H](C)O. The topological polar surface area (TPSA) is 32.3 Å². The van der Waals surface area contributed by atoms with Crippen LogP contribution in [0, 0.1) is 6.92 Å². The standard InChI is InChI=1S/C12H19NO/c1-10-5-3-4-6-12(10)7-8-13-9-11(2)14/h3-6,11,13-14H,7-9H2,1-2H3/t11-/m1/s1. The highest BCUT2D eigenvalue weighted by Gasteiger charge is 1.97. The molecule has 2 heteroatoms. The van der Waals surface area contributed by atoms with E-state index in [1.54, 1.807) is 6.92 Å². The van der Waals surface area contributed by atoms with Crippen LogP contribution in [0.1, 0.15) is 18.1 Å². The van der Waals surface area contributed by atoms with Crippen molar-refractivity contribution < 1.29 is 5.11 Å². The summed E-state index contributed by atoms with van der Waals surface area (Å²) < 4.78 is 0. The molecule has 1 rings (SSSR count). The molecule has 0 fully saturated rings. The monoisotopic (exact) mass is 193 g/mol. The molecule has 0 amide bonds. The normalized spacial score (nSPS) is 12.8. The Morgan fingerprint density at radius 3 is 2.71 bits per heavy atom. The molecule has 0 aliphatic carbocycles. The van der Waals surface area contributed by atoms with Gasteiger partial charge in [-0.15, -0.1) is 0 Å². The van der Waals surface area contributed by atoms with E-state index in [-0.39, 0.29) is 6.10 Å². The van der Waals surface area contributed by atoms with Crippen LogP contribution >= 0.6 is 0 Å². The van der Waals surface area contributed by atoms with Crippen LogP contribution in [0.5, 0.6) is 0 Å². The molecule has 0 aliphatic rings. The molecular weight excluding hydrogens is 174 g/mol. The first kappa shape index (κ1) is 11.2. The molecule has 1 atom stereocenters. The minimum Gasteiger partial charge on any atom is -0.392 e. The van der Waals surface area contributed by atoms with E-state index in [2.05, 4.69) is 36.5 Å². The lowest BCUT2D eigenvalue weighted by atomic mass is 10.1.